The summed E-state index contributed by atoms with van der Waals surface area (Å²) >= 11 is 5.96. The van der Waals surface area contributed by atoms with Gasteiger partial charge in [-0.25, -0.2) is 4.39 Å². The molecular weight excluding hydrogens is 395 g/mol. The van der Waals surface area contributed by atoms with E-state index in [0.717, 1.165) is 5.56 Å². The summed E-state index contributed by atoms with van der Waals surface area (Å²) in [6.45, 7) is 0.729. The van der Waals surface area contributed by atoms with E-state index in [0.29, 0.717) is 35.2 Å². The van der Waals surface area contributed by atoms with Crippen LogP contribution in [0.5, 0.6) is 11.5 Å². The van der Waals surface area contributed by atoms with Crippen LogP contribution in [0, 0.1) is 5.82 Å². The molecular formula is C22H18ClFN2O3. The fourth-order valence-electron chi connectivity index (χ4n) is 3.24. The Morgan fingerprint density at radius 1 is 1.21 bits per heavy atom. The number of benzene rings is 2. The minimum Gasteiger partial charge on any atom is -0.457 e. The second kappa shape index (κ2) is 8.59. The van der Waals surface area contributed by atoms with Gasteiger partial charge in [-0.05, 0) is 35.9 Å². The number of hydrogen-bond donors (Lipinski definition) is 0. The molecule has 0 radical (unpaired) electrons. The minimum absolute atomic E-state index is 0.0183. The first-order valence-corrected chi connectivity index (χ1v) is 9.47. The van der Waals surface area contributed by atoms with Crippen LogP contribution in [0.4, 0.5) is 4.39 Å². The number of halogens is 2. The van der Waals surface area contributed by atoms with E-state index in [1.807, 2.05) is 12.1 Å². The highest BCUT2D eigenvalue weighted by Gasteiger charge is 2.32. The second-order valence-electron chi connectivity index (χ2n) is 6.65. The van der Waals surface area contributed by atoms with Crippen LogP contribution in [0.2, 0.25) is 5.02 Å². The molecule has 2 heterocycles. The van der Waals surface area contributed by atoms with E-state index >= 15 is 0 Å². The molecule has 0 bridgehead atoms. The molecule has 0 N–H and O–H groups in total. The Morgan fingerprint density at radius 3 is 2.83 bits per heavy atom. The summed E-state index contributed by atoms with van der Waals surface area (Å²) in [5, 5.41) is 0.636. The van der Waals surface area contributed by atoms with Gasteiger partial charge in [-0.2, -0.15) is 0 Å². The Hall–Kier alpha value is -2.96. The summed E-state index contributed by atoms with van der Waals surface area (Å²) in [7, 11) is 0. The van der Waals surface area contributed by atoms with Crippen LogP contribution < -0.4 is 4.74 Å². The lowest BCUT2D eigenvalue weighted by Gasteiger charge is -2.36. The molecule has 3 aromatic rings. The van der Waals surface area contributed by atoms with Gasteiger partial charge in [0.25, 0.3) is 0 Å². The Morgan fingerprint density at radius 2 is 2.03 bits per heavy atom. The van der Waals surface area contributed by atoms with Crippen molar-refractivity contribution in [1.82, 2.24) is 9.88 Å². The van der Waals surface area contributed by atoms with Gasteiger partial charge in [-0.15, -0.1) is 0 Å². The zero-order valence-electron chi connectivity index (χ0n) is 15.4. The van der Waals surface area contributed by atoms with E-state index in [9.17, 15) is 9.18 Å². The maximum absolute atomic E-state index is 13.5. The number of hydrogen-bond acceptors (Lipinski definition) is 4. The molecule has 1 aliphatic rings. The third-order valence-electron chi connectivity index (χ3n) is 4.66. The van der Waals surface area contributed by atoms with Crippen LogP contribution in [0.15, 0.2) is 67.0 Å². The lowest BCUT2D eigenvalue weighted by Crippen LogP contribution is -2.43. The van der Waals surface area contributed by atoms with Crippen molar-refractivity contribution in [2.75, 3.05) is 13.2 Å². The standard InChI is InChI=1S/C22H18ClFN2O3/c23-16-6-4-15(5-7-16)12-26-20(13-28-14-22(26)27)19-11-25-9-8-21(19)29-18-3-1-2-17(24)10-18/h1-11,20H,12-14H2. The van der Waals surface area contributed by atoms with Crippen LogP contribution >= 0.6 is 11.6 Å². The smallest absolute Gasteiger partial charge is 0.249 e. The number of carbonyl (C=O) groups excluding carboxylic acids is 1. The van der Waals surface area contributed by atoms with Crippen LogP contribution in [-0.4, -0.2) is 29.0 Å². The first-order valence-electron chi connectivity index (χ1n) is 9.09. The molecule has 1 aromatic heterocycles. The van der Waals surface area contributed by atoms with Gasteiger partial charge in [0.1, 0.15) is 23.9 Å². The molecule has 0 saturated carbocycles. The van der Waals surface area contributed by atoms with E-state index < -0.39 is 5.82 Å². The molecule has 5 nitrogen and oxygen atoms in total. The summed E-state index contributed by atoms with van der Waals surface area (Å²) in [4.78, 5) is 18.6. The highest BCUT2D eigenvalue weighted by atomic mass is 35.5. The Kier molecular flexibility index (Phi) is 5.74. The van der Waals surface area contributed by atoms with Gasteiger partial charge < -0.3 is 14.4 Å². The third kappa shape index (κ3) is 4.55. The molecule has 29 heavy (non-hydrogen) atoms. The van der Waals surface area contributed by atoms with Crippen LogP contribution in [0.3, 0.4) is 0 Å². The van der Waals surface area contributed by atoms with Crippen molar-refractivity contribution in [3.63, 3.8) is 0 Å². The largest absolute Gasteiger partial charge is 0.457 e. The summed E-state index contributed by atoms with van der Waals surface area (Å²) < 4.78 is 24.9. The number of morpholine rings is 1. The molecule has 0 aliphatic carbocycles. The zero-order valence-corrected chi connectivity index (χ0v) is 16.2. The first kappa shape index (κ1) is 19.4. The van der Waals surface area contributed by atoms with Crippen molar-refractivity contribution >= 4 is 17.5 Å². The first-order chi connectivity index (χ1) is 14.1. The number of pyridine rings is 1. The summed E-state index contributed by atoms with van der Waals surface area (Å²) in [6, 6.07) is 14.6. The zero-order chi connectivity index (χ0) is 20.2. The molecule has 1 amide bonds. The average molecular weight is 413 g/mol. The highest BCUT2D eigenvalue weighted by Crippen LogP contribution is 2.35. The number of aromatic nitrogens is 1. The molecule has 2 aromatic carbocycles. The average Bonchev–Trinajstić information content (AvgIpc) is 2.72. The van der Waals surface area contributed by atoms with Crippen molar-refractivity contribution in [1.29, 1.82) is 0 Å². The number of ether oxygens (including phenoxy) is 2. The maximum atomic E-state index is 13.5. The normalized spacial score (nSPS) is 16.7. The number of nitrogens with zero attached hydrogens (tertiary/aromatic N) is 2. The SMILES string of the molecule is O=C1COCC(c2cnccc2Oc2cccc(F)c2)N1Cc1ccc(Cl)cc1. The summed E-state index contributed by atoms with van der Waals surface area (Å²) in [6.07, 6.45) is 3.24. The molecule has 4 rings (SSSR count). The van der Waals surface area contributed by atoms with E-state index in [1.54, 1.807) is 47.6 Å². The maximum Gasteiger partial charge on any atom is 0.249 e. The van der Waals surface area contributed by atoms with E-state index in [1.165, 1.54) is 12.1 Å². The monoisotopic (exact) mass is 412 g/mol. The Bertz CT molecular complexity index is 1010. The minimum atomic E-state index is -0.390. The fraction of sp³-hybridized carbons (Fsp3) is 0.182. The molecule has 7 heteroatoms. The van der Waals surface area contributed by atoms with E-state index in [2.05, 4.69) is 4.98 Å². The molecule has 1 fully saturated rings. The topological polar surface area (TPSA) is 51.7 Å². The molecule has 1 saturated heterocycles. The van der Waals surface area contributed by atoms with Crippen molar-refractivity contribution in [3.8, 4) is 11.5 Å². The predicted molar refractivity (Wildman–Crippen MR) is 106 cm³/mol. The summed E-state index contributed by atoms with van der Waals surface area (Å²) in [5.74, 6) is 0.343. The van der Waals surface area contributed by atoms with Crippen molar-refractivity contribution in [2.24, 2.45) is 0 Å². The predicted octanol–water partition coefficient (Wildman–Crippen LogP) is 4.77. The number of carbonyl (C=O) groups is 1. The van der Waals surface area contributed by atoms with Crippen LogP contribution in [0.25, 0.3) is 0 Å². The van der Waals surface area contributed by atoms with E-state index in [4.69, 9.17) is 21.1 Å². The van der Waals surface area contributed by atoms with Gasteiger partial charge in [0.05, 0.1) is 12.6 Å². The molecule has 1 unspecified atom stereocenters. The number of amides is 1. The highest BCUT2D eigenvalue weighted by molar-refractivity contribution is 6.30. The van der Waals surface area contributed by atoms with Gasteiger partial charge in [0.2, 0.25) is 5.91 Å². The Balaban J connectivity index is 1.64. The third-order valence-corrected chi connectivity index (χ3v) is 4.91. The lowest BCUT2D eigenvalue weighted by molar-refractivity contribution is -0.149. The van der Waals surface area contributed by atoms with Crippen LogP contribution in [-0.2, 0) is 16.1 Å². The van der Waals surface area contributed by atoms with Gasteiger partial charge in [-0.3, -0.25) is 9.78 Å². The van der Waals surface area contributed by atoms with Crippen molar-refractivity contribution in [3.05, 3.63) is 89.0 Å². The lowest BCUT2D eigenvalue weighted by atomic mass is 10.0. The molecule has 0 spiro atoms. The number of rotatable bonds is 5. The molecule has 1 atom stereocenters. The summed E-state index contributed by atoms with van der Waals surface area (Å²) in [5.41, 5.74) is 1.64. The van der Waals surface area contributed by atoms with Gasteiger partial charge in [0.15, 0.2) is 0 Å². The van der Waals surface area contributed by atoms with Gasteiger partial charge in [-0.1, -0.05) is 29.8 Å². The van der Waals surface area contributed by atoms with Gasteiger partial charge >= 0.3 is 0 Å². The Labute approximate surface area is 172 Å². The van der Waals surface area contributed by atoms with Gasteiger partial charge in [0, 0.05) is 35.6 Å². The second-order valence-corrected chi connectivity index (χ2v) is 7.09. The quantitative estimate of drug-likeness (QED) is 0.606. The molecule has 1 aliphatic heterocycles. The van der Waals surface area contributed by atoms with Crippen molar-refractivity contribution in [2.45, 2.75) is 12.6 Å². The molecule has 148 valence electrons. The van der Waals surface area contributed by atoms with E-state index in [-0.39, 0.29) is 18.6 Å². The van der Waals surface area contributed by atoms with Crippen LogP contribution in [0.1, 0.15) is 17.2 Å². The van der Waals surface area contributed by atoms with Crippen molar-refractivity contribution < 1.29 is 18.7 Å². The fourth-order valence-corrected chi connectivity index (χ4v) is 3.37.